The molecule has 0 N–H and O–H groups in total. The largest absolute Gasteiger partial charge is 0.297 e. The molecule has 0 aromatic carbocycles. The van der Waals surface area contributed by atoms with Crippen molar-refractivity contribution in [2.24, 2.45) is 11.8 Å². The molecule has 2 heterocycles. The van der Waals surface area contributed by atoms with Crippen LogP contribution in [0.5, 0.6) is 0 Å². The van der Waals surface area contributed by atoms with Crippen LogP contribution in [0.4, 0.5) is 0 Å². The molecule has 2 aliphatic heterocycles. The van der Waals surface area contributed by atoms with Gasteiger partial charge in [0.2, 0.25) is 0 Å². The lowest BCUT2D eigenvalue weighted by molar-refractivity contribution is 0.163. The van der Waals surface area contributed by atoms with E-state index in [-0.39, 0.29) is 0 Å². The third kappa shape index (κ3) is 1.63. The molecule has 0 saturated carbocycles. The van der Waals surface area contributed by atoms with Gasteiger partial charge in [0, 0.05) is 12.1 Å². The third-order valence-corrected chi connectivity index (χ3v) is 3.79. The summed E-state index contributed by atoms with van der Waals surface area (Å²) in [4.78, 5) is 2.78. The zero-order valence-electron chi connectivity index (χ0n) is 9.34. The normalized spacial score (nSPS) is 40.2. The van der Waals surface area contributed by atoms with E-state index in [1.54, 1.807) is 0 Å². The topological polar surface area (TPSA) is 3.24 Å². The van der Waals surface area contributed by atoms with Gasteiger partial charge in [-0.1, -0.05) is 20.8 Å². The summed E-state index contributed by atoms with van der Waals surface area (Å²) in [6.07, 6.45) is 5.80. The van der Waals surface area contributed by atoms with E-state index in [1.807, 2.05) is 0 Å². The Morgan fingerprint density at radius 3 is 2.92 bits per heavy atom. The van der Waals surface area contributed by atoms with E-state index in [1.165, 1.54) is 38.8 Å². The van der Waals surface area contributed by atoms with E-state index in [0.717, 1.165) is 11.8 Å². The van der Waals surface area contributed by atoms with Crippen LogP contribution in [-0.2, 0) is 0 Å². The zero-order valence-corrected chi connectivity index (χ0v) is 9.34. The lowest BCUT2D eigenvalue weighted by atomic mass is 9.83. The van der Waals surface area contributed by atoms with Crippen molar-refractivity contribution in [3.05, 3.63) is 0 Å². The molecule has 2 saturated heterocycles. The Kier molecular flexibility index (Phi) is 2.39. The first-order valence-corrected chi connectivity index (χ1v) is 5.87. The van der Waals surface area contributed by atoms with Gasteiger partial charge in [0.15, 0.2) is 0 Å². The Bertz CT molecular complexity index is 188. The van der Waals surface area contributed by atoms with Crippen LogP contribution < -0.4 is 0 Å². The maximum Gasteiger partial charge on any atom is 0.0215 e. The predicted molar refractivity (Wildman–Crippen MR) is 56.8 cm³/mol. The van der Waals surface area contributed by atoms with Crippen LogP contribution in [0.2, 0.25) is 0 Å². The lowest BCUT2D eigenvalue weighted by Gasteiger charge is -2.33. The molecule has 13 heavy (non-hydrogen) atoms. The summed E-state index contributed by atoms with van der Waals surface area (Å²) in [6.45, 7) is 9.90. The molecule has 76 valence electrons. The van der Waals surface area contributed by atoms with E-state index in [0.29, 0.717) is 5.54 Å². The highest BCUT2D eigenvalue weighted by Gasteiger charge is 2.46. The maximum atomic E-state index is 2.78. The number of fused-ring (bicyclic) bond motifs is 1. The fourth-order valence-corrected chi connectivity index (χ4v) is 3.67. The van der Waals surface area contributed by atoms with Gasteiger partial charge >= 0.3 is 0 Å². The van der Waals surface area contributed by atoms with Gasteiger partial charge < -0.3 is 0 Å². The zero-order chi connectivity index (χ0) is 9.47. The average molecular weight is 181 g/mol. The van der Waals surface area contributed by atoms with Crippen molar-refractivity contribution in [1.82, 2.24) is 4.90 Å². The number of hydrogen-bond acceptors (Lipinski definition) is 1. The minimum atomic E-state index is 0.633. The van der Waals surface area contributed by atoms with Crippen LogP contribution >= 0.6 is 0 Å². The van der Waals surface area contributed by atoms with Gasteiger partial charge in [-0.2, -0.15) is 0 Å². The molecule has 2 fully saturated rings. The van der Waals surface area contributed by atoms with Gasteiger partial charge in [0.05, 0.1) is 0 Å². The smallest absolute Gasteiger partial charge is 0.0215 e. The number of hydrogen-bond donors (Lipinski definition) is 0. The van der Waals surface area contributed by atoms with Crippen LogP contribution in [0.25, 0.3) is 0 Å². The Morgan fingerprint density at radius 1 is 1.46 bits per heavy atom. The Labute approximate surface area is 82.5 Å². The van der Waals surface area contributed by atoms with Crippen molar-refractivity contribution in [1.29, 1.82) is 0 Å². The summed E-state index contributed by atoms with van der Waals surface area (Å²) in [6, 6.07) is 0. The second-order valence-corrected chi connectivity index (χ2v) is 5.68. The van der Waals surface area contributed by atoms with E-state index in [9.17, 15) is 0 Å². The molecule has 2 rings (SSSR count). The molecule has 0 aliphatic carbocycles. The van der Waals surface area contributed by atoms with Gasteiger partial charge in [0.25, 0.3) is 0 Å². The summed E-state index contributed by atoms with van der Waals surface area (Å²) in [5.74, 6) is 1.81. The van der Waals surface area contributed by atoms with E-state index >= 15 is 0 Å². The fourth-order valence-electron chi connectivity index (χ4n) is 3.67. The number of rotatable bonds is 2. The van der Waals surface area contributed by atoms with E-state index < -0.39 is 0 Å². The van der Waals surface area contributed by atoms with Gasteiger partial charge in [-0.05, 0) is 44.1 Å². The minimum absolute atomic E-state index is 0.633. The van der Waals surface area contributed by atoms with Crippen molar-refractivity contribution in [3.8, 4) is 0 Å². The summed E-state index contributed by atoms with van der Waals surface area (Å²) in [7, 11) is 0. The third-order valence-electron chi connectivity index (χ3n) is 3.79. The molecule has 0 unspecified atom stereocenters. The van der Waals surface area contributed by atoms with Crippen LogP contribution in [0.15, 0.2) is 0 Å². The van der Waals surface area contributed by atoms with Crippen molar-refractivity contribution in [2.45, 2.75) is 52.0 Å². The first-order valence-electron chi connectivity index (χ1n) is 5.87. The van der Waals surface area contributed by atoms with Crippen LogP contribution in [-0.4, -0.2) is 23.5 Å². The SMILES string of the molecule is CC(C)C[C@@]12CCCN1C[C@@H](C)C2. The lowest BCUT2D eigenvalue weighted by Crippen LogP contribution is -2.39. The van der Waals surface area contributed by atoms with Gasteiger partial charge in [-0.15, -0.1) is 0 Å². The molecule has 2 aliphatic rings. The second kappa shape index (κ2) is 3.27. The Balaban J connectivity index is 2.09. The number of nitrogens with zero attached hydrogens (tertiary/aromatic N) is 1. The molecule has 0 aromatic rings. The van der Waals surface area contributed by atoms with Crippen molar-refractivity contribution >= 4 is 0 Å². The molecule has 2 atom stereocenters. The highest BCUT2D eigenvalue weighted by molar-refractivity contribution is 5.02. The maximum absolute atomic E-state index is 2.78. The van der Waals surface area contributed by atoms with Crippen LogP contribution in [0, 0.1) is 11.8 Å². The van der Waals surface area contributed by atoms with Gasteiger partial charge in [0.1, 0.15) is 0 Å². The molecular formula is C12H23N. The van der Waals surface area contributed by atoms with E-state index in [2.05, 4.69) is 25.7 Å². The summed E-state index contributed by atoms with van der Waals surface area (Å²) < 4.78 is 0. The van der Waals surface area contributed by atoms with E-state index in [4.69, 9.17) is 0 Å². The molecule has 0 spiro atoms. The molecular weight excluding hydrogens is 158 g/mol. The minimum Gasteiger partial charge on any atom is -0.297 e. The molecule has 0 amide bonds. The van der Waals surface area contributed by atoms with Crippen LogP contribution in [0.1, 0.15) is 46.5 Å². The highest BCUT2D eigenvalue weighted by Crippen LogP contribution is 2.45. The quantitative estimate of drug-likeness (QED) is 0.633. The highest BCUT2D eigenvalue weighted by atomic mass is 15.2. The fraction of sp³-hybridized carbons (Fsp3) is 1.00. The van der Waals surface area contributed by atoms with Gasteiger partial charge in [-0.25, -0.2) is 0 Å². The average Bonchev–Trinajstić information content (AvgIpc) is 2.40. The summed E-state index contributed by atoms with van der Waals surface area (Å²) >= 11 is 0. The predicted octanol–water partition coefficient (Wildman–Crippen LogP) is 2.91. The molecule has 0 bridgehead atoms. The Hall–Kier alpha value is -0.0400. The van der Waals surface area contributed by atoms with Crippen molar-refractivity contribution in [2.75, 3.05) is 13.1 Å². The molecule has 1 nitrogen and oxygen atoms in total. The summed E-state index contributed by atoms with van der Waals surface area (Å²) in [5, 5.41) is 0. The Morgan fingerprint density at radius 2 is 2.23 bits per heavy atom. The second-order valence-electron chi connectivity index (χ2n) is 5.68. The monoisotopic (exact) mass is 181 g/mol. The molecule has 0 aromatic heterocycles. The standard InChI is InChI=1S/C12H23N/c1-10(2)7-12-5-4-6-13(12)9-11(3)8-12/h10-11H,4-9H2,1-3H3/t11-,12+/m0/s1. The van der Waals surface area contributed by atoms with Crippen molar-refractivity contribution < 1.29 is 0 Å². The molecule has 1 heteroatoms. The molecule has 0 radical (unpaired) electrons. The summed E-state index contributed by atoms with van der Waals surface area (Å²) in [5.41, 5.74) is 0.633. The first kappa shape index (κ1) is 9.51. The van der Waals surface area contributed by atoms with Crippen molar-refractivity contribution in [3.63, 3.8) is 0 Å². The first-order chi connectivity index (χ1) is 6.12. The van der Waals surface area contributed by atoms with Crippen LogP contribution in [0.3, 0.4) is 0 Å². The van der Waals surface area contributed by atoms with Gasteiger partial charge in [-0.3, -0.25) is 4.90 Å².